The number of halogens is 1. The van der Waals surface area contributed by atoms with Gasteiger partial charge in [-0.2, -0.15) is 0 Å². The molecule has 0 aliphatic carbocycles. The highest BCUT2D eigenvalue weighted by molar-refractivity contribution is 5.89. The molecule has 0 unspecified atom stereocenters. The monoisotopic (exact) mass is 257 g/mol. The van der Waals surface area contributed by atoms with Gasteiger partial charge in [0.25, 0.3) is 0 Å². The number of benzene rings is 1. The fourth-order valence-electron chi connectivity index (χ4n) is 1.87. The van der Waals surface area contributed by atoms with Crippen molar-refractivity contribution in [2.45, 2.75) is 6.54 Å². The third kappa shape index (κ3) is 3.70. The molecular weight excluding hydrogens is 242 g/mol. The maximum Gasteiger partial charge on any atom is 0.336 e. The summed E-state index contributed by atoms with van der Waals surface area (Å²) < 4.78 is 5.26. The van der Waals surface area contributed by atoms with Gasteiger partial charge in [0.1, 0.15) is 0 Å². The molecule has 1 saturated heterocycles. The first kappa shape index (κ1) is 14.0. The molecule has 0 atom stereocenters. The largest absolute Gasteiger partial charge is 0.478 e. The highest BCUT2D eigenvalue weighted by Crippen LogP contribution is 2.12. The van der Waals surface area contributed by atoms with E-state index in [1.54, 1.807) is 12.1 Å². The smallest absolute Gasteiger partial charge is 0.336 e. The van der Waals surface area contributed by atoms with Gasteiger partial charge in [-0.3, -0.25) is 4.90 Å². The molecule has 1 aromatic rings. The number of ether oxygens (including phenoxy) is 1. The Morgan fingerprint density at radius 2 is 1.94 bits per heavy atom. The van der Waals surface area contributed by atoms with Gasteiger partial charge in [-0.15, -0.1) is 12.4 Å². The molecule has 1 aliphatic heterocycles. The highest BCUT2D eigenvalue weighted by Gasteiger charge is 2.14. The Bertz CT molecular complexity index is 378. The van der Waals surface area contributed by atoms with Gasteiger partial charge in [0, 0.05) is 19.6 Å². The number of nitrogens with zero attached hydrogens (tertiary/aromatic N) is 1. The van der Waals surface area contributed by atoms with Gasteiger partial charge in [0.2, 0.25) is 0 Å². The lowest BCUT2D eigenvalue weighted by Crippen LogP contribution is -2.36. The Balaban J connectivity index is 0.00000144. The van der Waals surface area contributed by atoms with E-state index < -0.39 is 5.97 Å². The lowest BCUT2D eigenvalue weighted by Gasteiger charge is -2.27. The zero-order chi connectivity index (χ0) is 11.4. The van der Waals surface area contributed by atoms with Crippen molar-refractivity contribution in [1.29, 1.82) is 0 Å². The number of rotatable bonds is 3. The lowest BCUT2D eigenvalue weighted by atomic mass is 10.1. The second kappa shape index (κ2) is 6.59. The molecule has 0 saturated carbocycles. The SMILES string of the molecule is Cl.O=C(O)c1ccccc1CN1CCOCC1. The van der Waals surface area contributed by atoms with E-state index in [9.17, 15) is 4.79 Å². The normalized spacial score (nSPS) is 16.2. The van der Waals surface area contributed by atoms with E-state index in [4.69, 9.17) is 9.84 Å². The van der Waals surface area contributed by atoms with Crippen molar-refractivity contribution in [3.8, 4) is 0 Å². The predicted molar refractivity (Wildman–Crippen MR) is 66.7 cm³/mol. The topological polar surface area (TPSA) is 49.8 Å². The van der Waals surface area contributed by atoms with Crippen molar-refractivity contribution in [3.05, 3.63) is 35.4 Å². The summed E-state index contributed by atoms with van der Waals surface area (Å²) in [5.41, 5.74) is 1.27. The number of carbonyl (C=O) groups is 1. The summed E-state index contributed by atoms with van der Waals surface area (Å²) in [5, 5.41) is 9.05. The van der Waals surface area contributed by atoms with E-state index in [-0.39, 0.29) is 12.4 Å². The molecule has 0 bridgehead atoms. The number of carboxylic acids is 1. The standard InChI is InChI=1S/C12H15NO3.ClH/c14-12(15)11-4-2-1-3-10(11)9-13-5-7-16-8-6-13;/h1-4H,5-9H2,(H,14,15);1H. The van der Waals surface area contributed by atoms with Gasteiger partial charge in [-0.05, 0) is 11.6 Å². The molecule has 1 fully saturated rings. The van der Waals surface area contributed by atoms with Crippen LogP contribution in [0.4, 0.5) is 0 Å². The van der Waals surface area contributed by atoms with Crippen molar-refractivity contribution >= 4 is 18.4 Å². The van der Waals surface area contributed by atoms with Crippen LogP contribution in [0.5, 0.6) is 0 Å². The molecule has 1 aliphatic rings. The molecule has 0 aromatic heterocycles. The van der Waals surface area contributed by atoms with Gasteiger partial charge >= 0.3 is 5.97 Å². The first-order valence-corrected chi connectivity index (χ1v) is 5.38. The fourth-order valence-corrected chi connectivity index (χ4v) is 1.87. The minimum Gasteiger partial charge on any atom is -0.478 e. The van der Waals surface area contributed by atoms with E-state index in [0.717, 1.165) is 31.9 Å². The fraction of sp³-hybridized carbons (Fsp3) is 0.417. The molecule has 4 nitrogen and oxygen atoms in total. The Morgan fingerprint density at radius 3 is 2.59 bits per heavy atom. The van der Waals surface area contributed by atoms with E-state index >= 15 is 0 Å². The number of carboxylic acid groups (broad SMARTS) is 1. The van der Waals surface area contributed by atoms with Gasteiger partial charge in [-0.1, -0.05) is 18.2 Å². The molecule has 94 valence electrons. The minimum atomic E-state index is -0.858. The summed E-state index contributed by atoms with van der Waals surface area (Å²) in [7, 11) is 0. The molecule has 2 rings (SSSR count). The number of morpholine rings is 1. The molecule has 17 heavy (non-hydrogen) atoms. The van der Waals surface area contributed by atoms with E-state index in [0.29, 0.717) is 12.1 Å². The summed E-state index contributed by atoms with van der Waals surface area (Å²) in [4.78, 5) is 13.2. The maximum absolute atomic E-state index is 11.0. The quantitative estimate of drug-likeness (QED) is 0.894. The lowest BCUT2D eigenvalue weighted by molar-refractivity contribution is 0.0339. The average molecular weight is 258 g/mol. The van der Waals surface area contributed by atoms with E-state index in [2.05, 4.69) is 4.90 Å². The van der Waals surface area contributed by atoms with Crippen LogP contribution in [0.2, 0.25) is 0 Å². The van der Waals surface area contributed by atoms with Crippen LogP contribution in [-0.4, -0.2) is 42.3 Å². The Kier molecular flexibility index (Phi) is 5.41. The third-order valence-corrected chi connectivity index (χ3v) is 2.75. The Hall–Kier alpha value is -1.10. The van der Waals surface area contributed by atoms with Crippen LogP contribution in [-0.2, 0) is 11.3 Å². The van der Waals surface area contributed by atoms with Crippen molar-refractivity contribution in [1.82, 2.24) is 4.90 Å². The second-order valence-corrected chi connectivity index (χ2v) is 3.85. The molecule has 1 aromatic carbocycles. The summed E-state index contributed by atoms with van der Waals surface area (Å²) in [6.45, 7) is 3.89. The van der Waals surface area contributed by atoms with Crippen LogP contribution in [0, 0.1) is 0 Å². The van der Waals surface area contributed by atoms with E-state index in [1.165, 1.54) is 0 Å². The van der Waals surface area contributed by atoms with Crippen molar-refractivity contribution in [3.63, 3.8) is 0 Å². The number of hydrogen-bond donors (Lipinski definition) is 1. The van der Waals surface area contributed by atoms with Crippen LogP contribution in [0.15, 0.2) is 24.3 Å². The summed E-state index contributed by atoms with van der Waals surface area (Å²) in [5.74, 6) is -0.858. The molecule has 5 heteroatoms. The number of aromatic carboxylic acids is 1. The minimum absolute atomic E-state index is 0. The van der Waals surface area contributed by atoms with Crippen molar-refractivity contribution in [2.75, 3.05) is 26.3 Å². The second-order valence-electron chi connectivity index (χ2n) is 3.85. The highest BCUT2D eigenvalue weighted by atomic mass is 35.5. The zero-order valence-electron chi connectivity index (χ0n) is 9.46. The van der Waals surface area contributed by atoms with Crippen LogP contribution >= 0.6 is 12.4 Å². The molecule has 0 radical (unpaired) electrons. The van der Waals surface area contributed by atoms with Gasteiger partial charge in [0.05, 0.1) is 18.8 Å². The maximum atomic E-state index is 11.0. The summed E-state index contributed by atoms with van der Waals surface area (Å²) >= 11 is 0. The first-order chi connectivity index (χ1) is 7.77. The third-order valence-electron chi connectivity index (χ3n) is 2.75. The molecule has 1 heterocycles. The Morgan fingerprint density at radius 1 is 1.29 bits per heavy atom. The molecular formula is C12H16ClNO3. The van der Waals surface area contributed by atoms with E-state index in [1.807, 2.05) is 12.1 Å². The summed E-state index contributed by atoms with van der Waals surface area (Å²) in [6.07, 6.45) is 0. The average Bonchev–Trinajstić information content (AvgIpc) is 2.31. The van der Waals surface area contributed by atoms with Gasteiger partial charge in [0.15, 0.2) is 0 Å². The molecule has 0 spiro atoms. The Labute approximate surface area is 107 Å². The van der Waals surface area contributed by atoms with Crippen LogP contribution in [0.25, 0.3) is 0 Å². The molecule has 1 N–H and O–H groups in total. The predicted octanol–water partition coefficient (Wildman–Crippen LogP) is 1.64. The summed E-state index contributed by atoms with van der Waals surface area (Å²) in [6, 6.07) is 7.16. The van der Waals surface area contributed by atoms with Crippen LogP contribution in [0.1, 0.15) is 15.9 Å². The molecule has 0 amide bonds. The van der Waals surface area contributed by atoms with Gasteiger partial charge in [-0.25, -0.2) is 4.79 Å². The number of hydrogen-bond acceptors (Lipinski definition) is 3. The van der Waals surface area contributed by atoms with Crippen molar-refractivity contribution in [2.24, 2.45) is 0 Å². The van der Waals surface area contributed by atoms with Crippen molar-refractivity contribution < 1.29 is 14.6 Å². The van der Waals surface area contributed by atoms with Crippen LogP contribution < -0.4 is 0 Å². The van der Waals surface area contributed by atoms with Crippen LogP contribution in [0.3, 0.4) is 0 Å². The van der Waals surface area contributed by atoms with Gasteiger partial charge < -0.3 is 9.84 Å². The zero-order valence-corrected chi connectivity index (χ0v) is 10.3. The first-order valence-electron chi connectivity index (χ1n) is 5.38.